The van der Waals surface area contributed by atoms with Crippen LogP contribution in [-0.2, 0) is 4.74 Å². The number of ketones is 1. The van der Waals surface area contributed by atoms with Crippen molar-refractivity contribution in [2.75, 3.05) is 26.3 Å². The smallest absolute Gasteiger partial charge is 0.198 e. The molecular formula is C11H15NO2S. The van der Waals surface area contributed by atoms with E-state index >= 15 is 0 Å². The van der Waals surface area contributed by atoms with E-state index in [2.05, 4.69) is 5.32 Å². The highest BCUT2D eigenvalue weighted by Gasteiger charge is 2.15. The van der Waals surface area contributed by atoms with Crippen LogP contribution in [0.3, 0.4) is 0 Å². The van der Waals surface area contributed by atoms with Crippen LogP contribution in [0.4, 0.5) is 0 Å². The molecule has 1 saturated heterocycles. The summed E-state index contributed by atoms with van der Waals surface area (Å²) in [5.74, 6) is 0.678. The third-order valence-electron chi connectivity index (χ3n) is 2.55. The summed E-state index contributed by atoms with van der Waals surface area (Å²) in [5.41, 5.74) is 0. The minimum Gasteiger partial charge on any atom is -0.373 e. The molecule has 1 aliphatic heterocycles. The van der Waals surface area contributed by atoms with E-state index in [1.165, 1.54) is 11.3 Å². The van der Waals surface area contributed by atoms with E-state index in [4.69, 9.17) is 4.74 Å². The number of nitrogens with one attached hydrogen (secondary N) is 1. The van der Waals surface area contributed by atoms with Crippen molar-refractivity contribution in [1.29, 1.82) is 0 Å². The van der Waals surface area contributed by atoms with Crippen LogP contribution in [0, 0.1) is 5.92 Å². The quantitative estimate of drug-likeness (QED) is 0.773. The number of hydrogen-bond donors (Lipinski definition) is 1. The van der Waals surface area contributed by atoms with Gasteiger partial charge in [-0.1, -0.05) is 6.07 Å². The molecule has 1 N–H and O–H groups in total. The minimum absolute atomic E-state index is 0.0935. The minimum atomic E-state index is 0.0935. The molecule has 0 radical (unpaired) electrons. The van der Waals surface area contributed by atoms with E-state index in [9.17, 15) is 4.79 Å². The first-order valence-electron chi connectivity index (χ1n) is 5.21. The van der Waals surface area contributed by atoms with Crippen LogP contribution in [0.1, 0.15) is 16.1 Å². The summed E-state index contributed by atoms with van der Waals surface area (Å²) in [5, 5.41) is 5.19. The van der Waals surface area contributed by atoms with Crippen molar-refractivity contribution in [3.8, 4) is 0 Å². The average molecular weight is 225 g/mol. The lowest BCUT2D eigenvalue weighted by molar-refractivity contribution is 0.0696. The summed E-state index contributed by atoms with van der Waals surface area (Å²) < 4.78 is 5.42. The van der Waals surface area contributed by atoms with Crippen LogP contribution in [-0.4, -0.2) is 32.1 Å². The number of thiophene rings is 1. The van der Waals surface area contributed by atoms with Crippen LogP contribution < -0.4 is 5.32 Å². The zero-order valence-corrected chi connectivity index (χ0v) is 9.39. The standard InChI is InChI=1S/C11H15NO2S/c13-10(11-2-1-5-15-11)8-14-7-9-3-4-12-6-9/h1-2,5,9,12H,3-4,6-8H2/t9-/m0/s1. The molecule has 1 aliphatic rings. The third kappa shape index (κ3) is 3.12. The Labute approximate surface area is 93.4 Å². The molecule has 2 heterocycles. The van der Waals surface area contributed by atoms with Gasteiger partial charge < -0.3 is 10.1 Å². The molecule has 0 amide bonds. The molecule has 0 bridgehead atoms. The van der Waals surface area contributed by atoms with Gasteiger partial charge in [-0.2, -0.15) is 0 Å². The molecule has 15 heavy (non-hydrogen) atoms. The molecule has 1 aromatic heterocycles. The zero-order chi connectivity index (χ0) is 10.5. The number of carbonyl (C=O) groups excluding carboxylic acids is 1. The Bertz CT molecular complexity index is 304. The van der Waals surface area contributed by atoms with Crippen LogP contribution in [0.5, 0.6) is 0 Å². The first-order valence-corrected chi connectivity index (χ1v) is 6.09. The molecule has 0 aromatic carbocycles. The second-order valence-corrected chi connectivity index (χ2v) is 4.72. The fourth-order valence-corrected chi connectivity index (χ4v) is 2.33. The Kier molecular flexibility index (Phi) is 3.88. The monoisotopic (exact) mass is 225 g/mol. The van der Waals surface area contributed by atoms with Crippen molar-refractivity contribution in [3.05, 3.63) is 22.4 Å². The number of hydrogen-bond acceptors (Lipinski definition) is 4. The second-order valence-electron chi connectivity index (χ2n) is 3.77. The second kappa shape index (κ2) is 5.39. The highest BCUT2D eigenvalue weighted by atomic mass is 32.1. The van der Waals surface area contributed by atoms with Crippen molar-refractivity contribution in [2.24, 2.45) is 5.92 Å². The molecule has 0 unspecified atom stereocenters. The highest BCUT2D eigenvalue weighted by molar-refractivity contribution is 7.12. The Hall–Kier alpha value is -0.710. The van der Waals surface area contributed by atoms with Gasteiger partial charge in [0.1, 0.15) is 6.61 Å². The maximum atomic E-state index is 11.5. The van der Waals surface area contributed by atoms with Gasteiger partial charge >= 0.3 is 0 Å². The Balaban J connectivity index is 1.67. The van der Waals surface area contributed by atoms with Crippen LogP contribution >= 0.6 is 11.3 Å². The van der Waals surface area contributed by atoms with Crippen LogP contribution in [0.15, 0.2) is 17.5 Å². The van der Waals surface area contributed by atoms with Crippen molar-refractivity contribution in [1.82, 2.24) is 5.32 Å². The summed E-state index contributed by atoms with van der Waals surface area (Å²) >= 11 is 1.47. The normalized spacial score (nSPS) is 20.7. The molecular weight excluding hydrogens is 210 g/mol. The van der Waals surface area contributed by atoms with Gasteiger partial charge in [-0.3, -0.25) is 4.79 Å². The summed E-state index contributed by atoms with van der Waals surface area (Å²) in [7, 11) is 0. The van der Waals surface area contributed by atoms with Crippen molar-refractivity contribution >= 4 is 17.1 Å². The van der Waals surface area contributed by atoms with E-state index in [1.54, 1.807) is 0 Å². The summed E-state index contributed by atoms with van der Waals surface area (Å²) in [6.07, 6.45) is 1.16. The molecule has 4 heteroatoms. The van der Waals surface area contributed by atoms with Gasteiger partial charge in [-0.05, 0) is 30.3 Å². The molecule has 1 atom stereocenters. The molecule has 1 aromatic rings. The molecule has 0 saturated carbocycles. The van der Waals surface area contributed by atoms with Crippen molar-refractivity contribution < 1.29 is 9.53 Å². The number of carbonyl (C=O) groups is 1. The lowest BCUT2D eigenvalue weighted by Gasteiger charge is -2.07. The maximum Gasteiger partial charge on any atom is 0.198 e. The van der Waals surface area contributed by atoms with Gasteiger partial charge in [0.25, 0.3) is 0 Å². The Morgan fingerprint density at radius 2 is 2.60 bits per heavy atom. The van der Waals surface area contributed by atoms with E-state index < -0.39 is 0 Å². The summed E-state index contributed by atoms with van der Waals surface area (Å²) in [4.78, 5) is 12.3. The Morgan fingerprint density at radius 1 is 1.67 bits per heavy atom. The van der Waals surface area contributed by atoms with Crippen molar-refractivity contribution in [3.63, 3.8) is 0 Å². The molecule has 3 nitrogen and oxygen atoms in total. The average Bonchev–Trinajstić information content (AvgIpc) is 2.90. The molecule has 0 aliphatic carbocycles. The van der Waals surface area contributed by atoms with E-state index in [1.807, 2.05) is 17.5 Å². The first kappa shape index (κ1) is 10.8. The van der Waals surface area contributed by atoms with Gasteiger partial charge in [0, 0.05) is 6.54 Å². The summed E-state index contributed by atoms with van der Waals surface area (Å²) in [6, 6.07) is 3.73. The van der Waals surface area contributed by atoms with Gasteiger partial charge in [0.15, 0.2) is 5.78 Å². The fourth-order valence-electron chi connectivity index (χ4n) is 1.68. The highest BCUT2D eigenvalue weighted by Crippen LogP contribution is 2.11. The lowest BCUT2D eigenvalue weighted by atomic mass is 10.1. The van der Waals surface area contributed by atoms with E-state index in [-0.39, 0.29) is 12.4 Å². The number of ether oxygens (including phenoxy) is 1. The molecule has 1 fully saturated rings. The topological polar surface area (TPSA) is 38.3 Å². The summed E-state index contributed by atoms with van der Waals surface area (Å²) in [6.45, 7) is 3.02. The SMILES string of the molecule is O=C(COC[C@H]1CCNC1)c1cccs1. The lowest BCUT2D eigenvalue weighted by Crippen LogP contribution is -2.16. The number of Topliss-reactive ketones (excluding diaryl/α,β-unsaturated/α-hetero) is 1. The zero-order valence-electron chi connectivity index (χ0n) is 8.57. The molecule has 0 spiro atoms. The molecule has 2 rings (SSSR count). The van der Waals surface area contributed by atoms with Gasteiger partial charge in [-0.25, -0.2) is 0 Å². The van der Waals surface area contributed by atoms with E-state index in [0.29, 0.717) is 12.5 Å². The first-order chi connectivity index (χ1) is 7.36. The molecule has 82 valence electrons. The Morgan fingerprint density at radius 3 is 3.27 bits per heavy atom. The number of rotatable bonds is 5. The predicted octanol–water partition coefficient (Wildman–Crippen LogP) is 1.56. The van der Waals surface area contributed by atoms with Crippen LogP contribution in [0.25, 0.3) is 0 Å². The predicted molar refractivity (Wildman–Crippen MR) is 60.4 cm³/mol. The van der Waals surface area contributed by atoms with Crippen molar-refractivity contribution in [2.45, 2.75) is 6.42 Å². The van der Waals surface area contributed by atoms with Gasteiger partial charge in [0.05, 0.1) is 11.5 Å². The van der Waals surface area contributed by atoms with E-state index in [0.717, 1.165) is 24.4 Å². The fraction of sp³-hybridized carbons (Fsp3) is 0.545. The van der Waals surface area contributed by atoms with Crippen LogP contribution in [0.2, 0.25) is 0 Å². The largest absolute Gasteiger partial charge is 0.373 e. The third-order valence-corrected chi connectivity index (χ3v) is 3.46. The van der Waals surface area contributed by atoms with Gasteiger partial charge in [0.2, 0.25) is 0 Å². The maximum absolute atomic E-state index is 11.5. The van der Waals surface area contributed by atoms with Gasteiger partial charge in [-0.15, -0.1) is 11.3 Å².